The number of hydrogen-bond acceptors (Lipinski definition) is 3. The second-order valence-corrected chi connectivity index (χ2v) is 7.34. The van der Waals surface area contributed by atoms with E-state index in [1.54, 1.807) is 6.20 Å². The maximum atomic E-state index is 4.33. The van der Waals surface area contributed by atoms with Gasteiger partial charge in [-0.15, -0.1) is 0 Å². The van der Waals surface area contributed by atoms with Crippen molar-refractivity contribution in [1.29, 1.82) is 0 Å². The van der Waals surface area contributed by atoms with E-state index in [1.165, 1.54) is 31.5 Å². The summed E-state index contributed by atoms with van der Waals surface area (Å²) in [6.45, 7) is 7.68. The topological polar surface area (TPSA) is 57.5 Å². The summed E-state index contributed by atoms with van der Waals surface area (Å²) >= 11 is 0. The number of guanidine groups is 1. The van der Waals surface area contributed by atoms with Crippen LogP contribution in [0.3, 0.4) is 0 Å². The third kappa shape index (κ3) is 6.10. The molecule has 0 radical (unpaired) electrons. The number of rotatable bonds is 7. The third-order valence-corrected chi connectivity index (χ3v) is 5.10. The summed E-state index contributed by atoms with van der Waals surface area (Å²) in [5.74, 6) is 1.71. The highest BCUT2D eigenvalue weighted by Gasteiger charge is 2.15. The van der Waals surface area contributed by atoms with Gasteiger partial charge in [0.15, 0.2) is 5.96 Å². The van der Waals surface area contributed by atoms with Gasteiger partial charge in [0.2, 0.25) is 0 Å². The van der Waals surface area contributed by atoms with Crippen molar-refractivity contribution in [2.24, 2.45) is 10.9 Å². The molecular weight excluding hydrogens is 336 g/mol. The zero-order valence-corrected chi connectivity index (χ0v) is 16.6. The van der Waals surface area contributed by atoms with Crippen molar-refractivity contribution in [1.82, 2.24) is 25.3 Å². The number of benzene rings is 1. The highest BCUT2D eigenvalue weighted by atomic mass is 15.3. The van der Waals surface area contributed by atoms with E-state index in [0.717, 1.165) is 43.6 Å². The summed E-state index contributed by atoms with van der Waals surface area (Å²) in [5, 5.41) is 11.1. The smallest absolute Gasteiger partial charge is 0.191 e. The average Bonchev–Trinajstić information content (AvgIpc) is 3.22. The predicted molar refractivity (Wildman–Crippen MR) is 111 cm³/mol. The van der Waals surface area contributed by atoms with Crippen LogP contribution < -0.4 is 10.6 Å². The summed E-state index contributed by atoms with van der Waals surface area (Å²) in [4.78, 5) is 6.88. The molecule has 27 heavy (non-hydrogen) atoms. The first kappa shape index (κ1) is 19.4. The Bertz CT molecular complexity index is 692. The van der Waals surface area contributed by atoms with Crippen LogP contribution in [0, 0.1) is 5.92 Å². The zero-order chi connectivity index (χ0) is 18.9. The van der Waals surface area contributed by atoms with E-state index >= 15 is 0 Å². The molecule has 6 heteroatoms. The van der Waals surface area contributed by atoms with Crippen molar-refractivity contribution in [3.8, 4) is 5.69 Å². The molecule has 2 heterocycles. The molecule has 0 spiro atoms. The summed E-state index contributed by atoms with van der Waals surface area (Å²) in [6.07, 6.45) is 7.41. The number of hydrogen-bond donors (Lipinski definition) is 2. The highest BCUT2D eigenvalue weighted by molar-refractivity contribution is 5.79. The Morgan fingerprint density at radius 3 is 2.74 bits per heavy atom. The molecule has 1 aliphatic heterocycles. The van der Waals surface area contributed by atoms with Crippen LogP contribution >= 0.6 is 0 Å². The van der Waals surface area contributed by atoms with E-state index < -0.39 is 0 Å². The van der Waals surface area contributed by atoms with E-state index in [9.17, 15) is 0 Å². The number of aromatic nitrogens is 2. The van der Waals surface area contributed by atoms with Crippen LogP contribution in [0.4, 0.5) is 0 Å². The Balaban J connectivity index is 1.35. The molecule has 0 aliphatic carbocycles. The molecule has 0 bridgehead atoms. The second kappa shape index (κ2) is 10.1. The SMILES string of the molecule is CN=C(NCCc1ccc(-n2cccn2)cc1)NCCN1CCCC(C)C1. The van der Waals surface area contributed by atoms with Crippen molar-refractivity contribution in [2.45, 2.75) is 26.2 Å². The average molecular weight is 369 g/mol. The minimum Gasteiger partial charge on any atom is -0.356 e. The molecule has 1 atom stereocenters. The van der Waals surface area contributed by atoms with E-state index in [0.29, 0.717) is 0 Å². The van der Waals surface area contributed by atoms with Crippen LogP contribution in [-0.2, 0) is 6.42 Å². The lowest BCUT2D eigenvalue weighted by Gasteiger charge is -2.30. The fraction of sp³-hybridized carbons (Fsp3) is 0.524. The van der Waals surface area contributed by atoms with Crippen molar-refractivity contribution in [2.75, 3.05) is 39.8 Å². The van der Waals surface area contributed by atoms with E-state index in [4.69, 9.17) is 0 Å². The van der Waals surface area contributed by atoms with Gasteiger partial charge in [0.25, 0.3) is 0 Å². The molecular formula is C21H32N6. The van der Waals surface area contributed by atoms with Crippen LogP contribution in [0.25, 0.3) is 5.69 Å². The van der Waals surface area contributed by atoms with E-state index in [1.807, 2.05) is 24.0 Å². The summed E-state index contributed by atoms with van der Waals surface area (Å²) in [5.41, 5.74) is 2.39. The maximum absolute atomic E-state index is 4.33. The van der Waals surface area contributed by atoms with Gasteiger partial charge in [0.1, 0.15) is 0 Å². The van der Waals surface area contributed by atoms with Crippen LogP contribution in [0.15, 0.2) is 47.7 Å². The van der Waals surface area contributed by atoms with Crippen LogP contribution in [-0.4, -0.2) is 60.4 Å². The molecule has 146 valence electrons. The molecule has 1 saturated heterocycles. The number of nitrogens with zero attached hydrogens (tertiary/aromatic N) is 4. The molecule has 1 aromatic carbocycles. The minimum absolute atomic E-state index is 0.830. The summed E-state index contributed by atoms with van der Waals surface area (Å²) in [6, 6.07) is 10.5. The Kier molecular flexibility index (Phi) is 7.27. The number of nitrogens with one attached hydrogen (secondary N) is 2. The van der Waals surface area contributed by atoms with Gasteiger partial charge in [-0.1, -0.05) is 19.1 Å². The van der Waals surface area contributed by atoms with E-state index in [-0.39, 0.29) is 0 Å². The number of likely N-dealkylation sites (tertiary alicyclic amines) is 1. The van der Waals surface area contributed by atoms with Crippen molar-refractivity contribution >= 4 is 5.96 Å². The lowest BCUT2D eigenvalue weighted by atomic mass is 10.0. The van der Waals surface area contributed by atoms with Gasteiger partial charge in [-0.25, -0.2) is 4.68 Å². The second-order valence-electron chi connectivity index (χ2n) is 7.34. The minimum atomic E-state index is 0.830. The Morgan fingerprint density at radius 1 is 1.22 bits per heavy atom. The quantitative estimate of drug-likeness (QED) is 0.582. The van der Waals surface area contributed by atoms with Gasteiger partial charge < -0.3 is 15.5 Å². The van der Waals surface area contributed by atoms with Crippen LogP contribution in [0.5, 0.6) is 0 Å². The number of piperidine rings is 1. The van der Waals surface area contributed by atoms with Crippen LogP contribution in [0.1, 0.15) is 25.3 Å². The first-order chi connectivity index (χ1) is 13.2. The molecule has 2 aromatic rings. The molecule has 6 nitrogen and oxygen atoms in total. The third-order valence-electron chi connectivity index (χ3n) is 5.10. The molecule has 1 aliphatic rings. The molecule has 0 saturated carbocycles. The predicted octanol–water partition coefficient (Wildman–Crippen LogP) is 2.31. The van der Waals surface area contributed by atoms with Gasteiger partial charge in [0, 0.05) is 45.6 Å². The number of aliphatic imine (C=N–C) groups is 1. The zero-order valence-electron chi connectivity index (χ0n) is 16.6. The molecule has 2 N–H and O–H groups in total. The first-order valence-electron chi connectivity index (χ1n) is 10.0. The Hall–Kier alpha value is -2.34. The molecule has 0 amide bonds. The Labute approximate surface area is 162 Å². The van der Waals surface area contributed by atoms with Gasteiger partial charge in [-0.05, 0) is 55.5 Å². The standard InChI is InChI=1S/C21H32N6/c1-18-5-3-14-26(17-18)16-13-24-21(22-2)23-12-10-19-6-8-20(9-7-19)27-15-4-11-25-27/h4,6-9,11,15,18H,3,5,10,12-14,16-17H2,1-2H3,(H2,22,23,24). The lowest BCUT2D eigenvalue weighted by molar-refractivity contribution is 0.187. The maximum Gasteiger partial charge on any atom is 0.191 e. The Morgan fingerprint density at radius 2 is 2.04 bits per heavy atom. The molecule has 1 unspecified atom stereocenters. The fourth-order valence-electron chi connectivity index (χ4n) is 3.60. The lowest BCUT2D eigenvalue weighted by Crippen LogP contribution is -2.44. The monoisotopic (exact) mass is 368 g/mol. The normalized spacial score (nSPS) is 18.4. The molecule has 1 aromatic heterocycles. The van der Waals surface area contributed by atoms with Crippen molar-refractivity contribution in [3.05, 3.63) is 48.3 Å². The van der Waals surface area contributed by atoms with Gasteiger partial charge in [-0.2, -0.15) is 5.10 Å². The van der Waals surface area contributed by atoms with Gasteiger partial charge in [-0.3, -0.25) is 4.99 Å². The largest absolute Gasteiger partial charge is 0.356 e. The van der Waals surface area contributed by atoms with Crippen LogP contribution in [0.2, 0.25) is 0 Å². The van der Waals surface area contributed by atoms with Crippen molar-refractivity contribution < 1.29 is 0 Å². The molecule has 3 rings (SSSR count). The molecule has 1 fully saturated rings. The van der Waals surface area contributed by atoms with E-state index in [2.05, 4.69) is 56.8 Å². The van der Waals surface area contributed by atoms with Gasteiger partial charge in [0.05, 0.1) is 5.69 Å². The summed E-state index contributed by atoms with van der Waals surface area (Å²) < 4.78 is 1.87. The first-order valence-corrected chi connectivity index (χ1v) is 10.0. The summed E-state index contributed by atoms with van der Waals surface area (Å²) in [7, 11) is 1.83. The highest BCUT2D eigenvalue weighted by Crippen LogP contribution is 2.14. The van der Waals surface area contributed by atoms with Crippen molar-refractivity contribution in [3.63, 3.8) is 0 Å². The fourth-order valence-corrected chi connectivity index (χ4v) is 3.60. The van der Waals surface area contributed by atoms with Gasteiger partial charge >= 0.3 is 0 Å².